The van der Waals surface area contributed by atoms with Crippen LogP contribution in [0.5, 0.6) is 0 Å². The lowest BCUT2D eigenvalue weighted by Crippen LogP contribution is -2.42. The number of carbonyl (C=O) groups excluding carboxylic acids is 4. The summed E-state index contributed by atoms with van der Waals surface area (Å²) in [6.07, 6.45) is 5.35. The van der Waals surface area contributed by atoms with Gasteiger partial charge in [-0.2, -0.15) is 0 Å². The minimum absolute atomic E-state index is 0.204. The number of methoxy groups -OCH3 is 2. The van der Waals surface area contributed by atoms with Gasteiger partial charge in [0.25, 0.3) is 11.8 Å². The second-order valence-electron chi connectivity index (χ2n) is 15.2. The standard InChI is InChI=1S/C46H48N8O6/c1-59-45(57)51-39(32-11-5-3-6-12-32)43(55)53-25-9-15-37(53)41-47-28-36(50-41)31-22-19-29(20-23-31)17-18-30-21-24-34-35(27-30)49-42(48-34)38-16-10-26-54(38)44(56)40(52-46(58)60-2)33-13-7-4-8-14-33/h3-8,11-14,19-24,27-28,37-40H,9-10,15-18,25-26H2,1-2H3,(H,47,50)(H,48,49)(H,51,57)(H,52,58)/t37-,38-,39+,40+/m0/s1. The summed E-state index contributed by atoms with van der Waals surface area (Å²) in [7, 11) is 2.57. The molecule has 308 valence electrons. The molecule has 4 amide bonds. The Morgan fingerprint density at radius 1 is 0.683 bits per heavy atom. The lowest BCUT2D eigenvalue weighted by Gasteiger charge is -2.28. The van der Waals surface area contributed by atoms with E-state index in [-0.39, 0.29) is 23.9 Å². The summed E-state index contributed by atoms with van der Waals surface area (Å²) < 4.78 is 9.66. The van der Waals surface area contributed by atoms with E-state index >= 15 is 0 Å². The number of carbonyl (C=O) groups is 4. The molecule has 2 aliphatic rings. The van der Waals surface area contributed by atoms with Gasteiger partial charge in [0.05, 0.1) is 43.0 Å². The minimum atomic E-state index is -0.877. The lowest BCUT2D eigenvalue weighted by molar-refractivity contribution is -0.135. The maximum Gasteiger partial charge on any atom is 0.407 e. The third-order valence-corrected chi connectivity index (χ3v) is 11.5. The highest BCUT2D eigenvalue weighted by Crippen LogP contribution is 2.36. The first-order valence-corrected chi connectivity index (χ1v) is 20.3. The van der Waals surface area contributed by atoms with Crippen LogP contribution in [0.15, 0.2) is 109 Å². The number of hydrogen-bond donors (Lipinski definition) is 4. The maximum atomic E-state index is 13.9. The topological polar surface area (TPSA) is 175 Å². The molecule has 14 nitrogen and oxygen atoms in total. The van der Waals surface area contributed by atoms with Crippen molar-refractivity contribution < 1.29 is 28.7 Å². The first-order chi connectivity index (χ1) is 29.3. The van der Waals surface area contributed by atoms with E-state index in [1.54, 1.807) is 9.80 Å². The second-order valence-corrected chi connectivity index (χ2v) is 15.2. The number of fused-ring (bicyclic) bond motifs is 1. The molecule has 6 aromatic rings. The van der Waals surface area contributed by atoms with E-state index in [1.165, 1.54) is 19.8 Å². The second kappa shape index (κ2) is 17.9. The number of aromatic amines is 2. The van der Waals surface area contributed by atoms with Crippen LogP contribution in [-0.4, -0.2) is 81.0 Å². The van der Waals surface area contributed by atoms with Gasteiger partial charge in [-0.1, -0.05) is 91.0 Å². The van der Waals surface area contributed by atoms with Crippen molar-refractivity contribution in [2.75, 3.05) is 27.3 Å². The van der Waals surface area contributed by atoms with Crippen molar-refractivity contribution in [3.63, 3.8) is 0 Å². The summed E-state index contributed by atoms with van der Waals surface area (Å²) in [6, 6.07) is 30.8. The van der Waals surface area contributed by atoms with Gasteiger partial charge in [0.2, 0.25) is 0 Å². The Bertz CT molecular complexity index is 2450. The van der Waals surface area contributed by atoms with Crippen LogP contribution in [-0.2, 0) is 31.9 Å². The van der Waals surface area contributed by atoms with Crippen LogP contribution < -0.4 is 10.6 Å². The quantitative estimate of drug-likeness (QED) is 0.1000. The molecule has 0 radical (unpaired) electrons. The first kappa shape index (κ1) is 39.8. The van der Waals surface area contributed by atoms with E-state index in [0.29, 0.717) is 30.0 Å². The highest BCUT2D eigenvalue weighted by Gasteiger charge is 2.38. The summed E-state index contributed by atoms with van der Waals surface area (Å²) in [5.74, 6) is 1.03. The zero-order valence-electron chi connectivity index (χ0n) is 33.6. The molecule has 0 unspecified atom stereocenters. The van der Waals surface area contributed by atoms with Crippen LogP contribution >= 0.6 is 0 Å². The van der Waals surface area contributed by atoms with E-state index in [9.17, 15) is 19.2 Å². The van der Waals surface area contributed by atoms with Crippen LogP contribution in [0.3, 0.4) is 0 Å². The number of likely N-dealkylation sites (tertiary alicyclic amines) is 2. The number of nitrogens with zero attached hydrogens (tertiary/aromatic N) is 4. The van der Waals surface area contributed by atoms with Crippen molar-refractivity contribution in [3.8, 4) is 11.3 Å². The smallest absolute Gasteiger partial charge is 0.407 e. The number of benzene rings is 4. The third kappa shape index (κ3) is 8.58. The van der Waals surface area contributed by atoms with Crippen molar-refractivity contribution in [2.24, 2.45) is 0 Å². The van der Waals surface area contributed by atoms with Crippen LogP contribution in [0.1, 0.15) is 83.8 Å². The van der Waals surface area contributed by atoms with E-state index in [2.05, 4.69) is 57.0 Å². The Morgan fingerprint density at radius 3 is 1.78 bits per heavy atom. The average molecular weight is 809 g/mol. The van der Waals surface area contributed by atoms with Gasteiger partial charge in [0.15, 0.2) is 0 Å². The summed E-state index contributed by atoms with van der Waals surface area (Å²) in [5, 5.41) is 5.44. The van der Waals surface area contributed by atoms with Gasteiger partial charge < -0.3 is 39.9 Å². The number of aryl methyl sites for hydroxylation is 2. The molecule has 0 aliphatic carbocycles. The highest BCUT2D eigenvalue weighted by atomic mass is 16.5. The Labute approximate surface area is 347 Å². The number of H-pyrrole nitrogens is 2. The number of amides is 4. The fourth-order valence-electron chi connectivity index (χ4n) is 8.35. The van der Waals surface area contributed by atoms with Gasteiger partial charge >= 0.3 is 12.2 Å². The molecule has 2 aliphatic heterocycles. The molecular weight excluding hydrogens is 761 g/mol. The van der Waals surface area contributed by atoms with Gasteiger partial charge in [-0.05, 0) is 72.9 Å². The van der Waals surface area contributed by atoms with Crippen LogP contribution in [0.4, 0.5) is 9.59 Å². The van der Waals surface area contributed by atoms with E-state index in [0.717, 1.165) is 72.2 Å². The monoisotopic (exact) mass is 808 g/mol. The molecule has 60 heavy (non-hydrogen) atoms. The summed E-state index contributed by atoms with van der Waals surface area (Å²) in [4.78, 5) is 72.5. The minimum Gasteiger partial charge on any atom is -0.453 e. The van der Waals surface area contributed by atoms with Crippen molar-refractivity contribution >= 4 is 35.0 Å². The average Bonchev–Trinajstić information content (AvgIpc) is 4.13. The van der Waals surface area contributed by atoms with Gasteiger partial charge in [0.1, 0.15) is 23.7 Å². The van der Waals surface area contributed by atoms with Crippen molar-refractivity contribution in [1.29, 1.82) is 0 Å². The fraction of sp³-hybridized carbons (Fsp3) is 0.304. The van der Waals surface area contributed by atoms with Crippen LogP contribution in [0.2, 0.25) is 0 Å². The fourth-order valence-corrected chi connectivity index (χ4v) is 8.35. The Morgan fingerprint density at radius 2 is 1.22 bits per heavy atom. The van der Waals surface area contributed by atoms with Crippen LogP contribution in [0.25, 0.3) is 22.3 Å². The Hall–Kier alpha value is -6.96. The molecule has 0 spiro atoms. The van der Waals surface area contributed by atoms with Crippen LogP contribution in [0, 0.1) is 0 Å². The maximum absolute atomic E-state index is 13.9. The number of nitrogens with one attached hydrogen (secondary N) is 4. The summed E-state index contributed by atoms with van der Waals surface area (Å²) >= 11 is 0. The van der Waals surface area contributed by atoms with Gasteiger partial charge in [-0.25, -0.2) is 19.6 Å². The normalized spacial score (nSPS) is 17.3. The first-order valence-electron chi connectivity index (χ1n) is 20.3. The summed E-state index contributed by atoms with van der Waals surface area (Å²) in [5.41, 5.74) is 7.21. The molecule has 2 aromatic heterocycles. The molecule has 0 bridgehead atoms. The molecule has 14 heteroatoms. The number of aromatic nitrogens is 4. The van der Waals surface area contributed by atoms with Crippen molar-refractivity contribution in [1.82, 2.24) is 40.4 Å². The van der Waals surface area contributed by atoms with Gasteiger partial charge in [-0.15, -0.1) is 0 Å². The largest absolute Gasteiger partial charge is 0.453 e. The predicted octanol–water partition coefficient (Wildman–Crippen LogP) is 7.26. The Balaban J connectivity index is 0.905. The Kier molecular flexibility index (Phi) is 11.9. The lowest BCUT2D eigenvalue weighted by atomic mass is 10.0. The van der Waals surface area contributed by atoms with E-state index in [4.69, 9.17) is 19.4 Å². The molecule has 2 fully saturated rings. The van der Waals surface area contributed by atoms with Gasteiger partial charge in [0, 0.05) is 24.8 Å². The van der Waals surface area contributed by atoms with E-state index < -0.39 is 24.3 Å². The molecule has 4 aromatic carbocycles. The molecule has 0 saturated carbocycles. The zero-order valence-corrected chi connectivity index (χ0v) is 33.6. The zero-order chi connectivity index (χ0) is 41.6. The molecule has 2 saturated heterocycles. The number of imidazole rings is 2. The molecule has 4 heterocycles. The SMILES string of the molecule is COC(=O)N[C@@H](C(=O)N1CCC[C@H]1c1nc(-c2ccc(CCc3ccc4[nH]c([C@@H]5CCCN5C(=O)[C@H](NC(=O)OC)c5ccccc5)nc4c3)cc2)c[nH]1)c1ccccc1. The third-order valence-electron chi connectivity index (χ3n) is 11.5. The highest BCUT2D eigenvalue weighted by molar-refractivity contribution is 5.88. The number of hydrogen-bond acceptors (Lipinski definition) is 8. The number of alkyl carbamates (subject to hydrolysis) is 2. The van der Waals surface area contributed by atoms with E-state index in [1.807, 2.05) is 72.9 Å². The predicted molar refractivity (Wildman–Crippen MR) is 224 cm³/mol. The number of ether oxygens (including phenoxy) is 2. The molecular formula is C46H48N8O6. The molecule has 8 rings (SSSR count). The molecule has 4 atom stereocenters. The molecule has 4 N–H and O–H groups in total. The van der Waals surface area contributed by atoms with Crippen molar-refractivity contribution in [2.45, 2.75) is 62.7 Å². The number of rotatable bonds is 12. The van der Waals surface area contributed by atoms with Gasteiger partial charge in [-0.3, -0.25) is 9.59 Å². The van der Waals surface area contributed by atoms with Crippen molar-refractivity contribution in [3.05, 3.63) is 143 Å². The summed E-state index contributed by atoms with van der Waals surface area (Å²) in [6.45, 7) is 1.12.